The largest absolute Gasteiger partial charge is 0.484 e. The zero-order valence-electron chi connectivity index (χ0n) is 21.8. The Balaban J connectivity index is 1.39. The molecule has 3 aromatic rings. The number of esters is 1. The Morgan fingerprint density at radius 3 is 2.66 bits per heavy atom. The van der Waals surface area contributed by atoms with Crippen LogP contribution in [0.25, 0.3) is 10.8 Å². The number of rotatable bonds is 9. The van der Waals surface area contributed by atoms with Crippen molar-refractivity contribution >= 4 is 22.6 Å². The lowest BCUT2D eigenvalue weighted by Crippen LogP contribution is -2.37. The molecule has 2 atom stereocenters. The number of allylic oxidation sites excluding steroid dienone is 1. The number of ether oxygens (including phenoxy) is 4. The second kappa shape index (κ2) is 11.6. The summed E-state index contributed by atoms with van der Waals surface area (Å²) in [5.41, 5.74) is 2.98. The molecular weight excluding hydrogens is 482 g/mol. The Labute approximate surface area is 222 Å². The summed E-state index contributed by atoms with van der Waals surface area (Å²) in [4.78, 5) is 25.0. The predicted molar refractivity (Wildman–Crippen MR) is 145 cm³/mol. The summed E-state index contributed by atoms with van der Waals surface area (Å²) >= 11 is 0. The van der Waals surface area contributed by atoms with Gasteiger partial charge in [0.1, 0.15) is 5.75 Å². The number of amides is 1. The highest BCUT2D eigenvalue weighted by Crippen LogP contribution is 2.40. The summed E-state index contributed by atoms with van der Waals surface area (Å²) in [5, 5.41) is 5.00. The van der Waals surface area contributed by atoms with E-state index in [1.807, 2.05) is 62.4 Å². The minimum absolute atomic E-state index is 0.0442. The number of hydrogen-bond donors (Lipinski definition) is 1. The van der Waals surface area contributed by atoms with E-state index in [2.05, 4.69) is 17.5 Å². The third-order valence-electron chi connectivity index (χ3n) is 7.02. The van der Waals surface area contributed by atoms with Crippen molar-refractivity contribution in [3.05, 3.63) is 77.4 Å². The van der Waals surface area contributed by atoms with Crippen LogP contribution in [0.1, 0.15) is 55.2 Å². The molecule has 2 aliphatic rings. The van der Waals surface area contributed by atoms with Gasteiger partial charge in [-0.1, -0.05) is 36.4 Å². The van der Waals surface area contributed by atoms with Crippen LogP contribution in [-0.2, 0) is 14.3 Å². The van der Waals surface area contributed by atoms with Crippen molar-refractivity contribution in [2.24, 2.45) is 0 Å². The SMILES string of the molecule is CCOC(=O)CC(c1ccc2ccc(OCC(=O)NC3C=CCCC3)cc2c1)c1cc2c(cc1C)OCO2. The first-order valence-corrected chi connectivity index (χ1v) is 13.2. The van der Waals surface area contributed by atoms with E-state index in [9.17, 15) is 9.59 Å². The van der Waals surface area contributed by atoms with Gasteiger partial charge in [0.2, 0.25) is 6.79 Å². The molecule has 1 aliphatic heterocycles. The lowest BCUT2D eigenvalue weighted by atomic mass is 9.85. The number of fused-ring (bicyclic) bond motifs is 2. The zero-order valence-corrected chi connectivity index (χ0v) is 21.8. The number of benzene rings is 3. The molecule has 0 saturated carbocycles. The molecule has 0 spiro atoms. The van der Waals surface area contributed by atoms with E-state index in [1.165, 1.54) is 0 Å². The van der Waals surface area contributed by atoms with Gasteiger partial charge in [0, 0.05) is 12.0 Å². The number of carbonyl (C=O) groups excluding carboxylic acids is 2. The first-order valence-electron chi connectivity index (χ1n) is 13.2. The molecule has 7 nitrogen and oxygen atoms in total. The molecular formula is C31H33NO6. The van der Waals surface area contributed by atoms with E-state index < -0.39 is 0 Å². The molecule has 7 heteroatoms. The molecule has 3 aromatic carbocycles. The van der Waals surface area contributed by atoms with E-state index in [-0.39, 0.29) is 43.7 Å². The highest BCUT2D eigenvalue weighted by molar-refractivity contribution is 5.85. The van der Waals surface area contributed by atoms with Crippen LogP contribution in [0.5, 0.6) is 17.2 Å². The van der Waals surface area contributed by atoms with Crippen LogP contribution in [0.2, 0.25) is 0 Å². The zero-order chi connectivity index (χ0) is 26.5. The molecule has 2 unspecified atom stereocenters. The maximum absolute atomic E-state index is 12.6. The van der Waals surface area contributed by atoms with Crippen LogP contribution in [0.3, 0.4) is 0 Å². The molecule has 1 aliphatic carbocycles. The molecule has 1 heterocycles. The number of aryl methyl sites for hydroxylation is 1. The van der Waals surface area contributed by atoms with Crippen LogP contribution in [0, 0.1) is 6.92 Å². The van der Waals surface area contributed by atoms with Crippen LogP contribution >= 0.6 is 0 Å². The maximum atomic E-state index is 12.6. The van der Waals surface area contributed by atoms with Gasteiger partial charge in [-0.2, -0.15) is 0 Å². The lowest BCUT2D eigenvalue weighted by Gasteiger charge is -2.21. The second-order valence-electron chi connectivity index (χ2n) is 9.71. The topological polar surface area (TPSA) is 83.1 Å². The quantitative estimate of drug-likeness (QED) is 0.297. The smallest absolute Gasteiger partial charge is 0.306 e. The van der Waals surface area contributed by atoms with Crippen molar-refractivity contribution in [1.29, 1.82) is 0 Å². The third kappa shape index (κ3) is 5.93. The Morgan fingerprint density at radius 1 is 1.05 bits per heavy atom. The fourth-order valence-electron chi connectivity index (χ4n) is 5.11. The van der Waals surface area contributed by atoms with Gasteiger partial charge in [0.15, 0.2) is 18.1 Å². The summed E-state index contributed by atoms with van der Waals surface area (Å²) in [6.45, 7) is 4.29. The number of hydrogen-bond acceptors (Lipinski definition) is 6. The van der Waals surface area contributed by atoms with Gasteiger partial charge in [0.05, 0.1) is 13.0 Å². The minimum atomic E-state index is -0.259. The molecule has 5 rings (SSSR count). The van der Waals surface area contributed by atoms with Crippen molar-refractivity contribution in [2.45, 2.75) is 51.5 Å². The normalized spacial score (nSPS) is 16.7. The fraction of sp³-hybridized carbons (Fsp3) is 0.355. The standard InChI is InChI=1S/C31H33NO6/c1-3-35-31(34)17-27(26-16-29-28(13-20(26)2)37-19-38-29)22-10-9-21-11-12-25(15-23(21)14-22)36-18-30(33)32-24-7-5-4-6-8-24/h5,7,9-16,24,27H,3-4,6,8,17-19H2,1-2H3,(H,32,33). The van der Waals surface area contributed by atoms with Gasteiger partial charge in [0.25, 0.3) is 5.91 Å². The molecule has 0 bridgehead atoms. The van der Waals surface area contributed by atoms with E-state index >= 15 is 0 Å². The minimum Gasteiger partial charge on any atom is -0.484 e. The van der Waals surface area contributed by atoms with E-state index in [1.54, 1.807) is 0 Å². The van der Waals surface area contributed by atoms with E-state index in [0.29, 0.717) is 23.9 Å². The van der Waals surface area contributed by atoms with E-state index in [0.717, 1.165) is 46.7 Å². The van der Waals surface area contributed by atoms with Gasteiger partial charge in [-0.05, 0) is 84.8 Å². The third-order valence-corrected chi connectivity index (χ3v) is 7.02. The molecule has 0 fully saturated rings. The van der Waals surface area contributed by atoms with Gasteiger partial charge in [-0.25, -0.2) is 0 Å². The monoisotopic (exact) mass is 515 g/mol. The number of carbonyl (C=O) groups is 2. The molecule has 1 amide bonds. The van der Waals surface area contributed by atoms with Crippen LogP contribution in [0.4, 0.5) is 0 Å². The highest BCUT2D eigenvalue weighted by Gasteiger charge is 2.25. The van der Waals surface area contributed by atoms with Crippen molar-refractivity contribution in [1.82, 2.24) is 5.32 Å². The fourth-order valence-corrected chi connectivity index (χ4v) is 5.11. The average molecular weight is 516 g/mol. The molecule has 0 aromatic heterocycles. The molecule has 38 heavy (non-hydrogen) atoms. The summed E-state index contributed by atoms with van der Waals surface area (Å²) in [5.74, 6) is 1.38. The average Bonchev–Trinajstić information content (AvgIpc) is 3.38. The van der Waals surface area contributed by atoms with Crippen molar-refractivity contribution in [3.8, 4) is 17.2 Å². The summed E-state index contributed by atoms with van der Waals surface area (Å²) in [6.07, 6.45) is 7.46. The van der Waals surface area contributed by atoms with Gasteiger partial charge in [-0.15, -0.1) is 0 Å². The molecule has 0 radical (unpaired) electrons. The molecule has 198 valence electrons. The Hall–Kier alpha value is -4.00. The summed E-state index contributed by atoms with van der Waals surface area (Å²) < 4.78 is 22.3. The van der Waals surface area contributed by atoms with Gasteiger partial charge < -0.3 is 24.3 Å². The molecule has 0 saturated heterocycles. The van der Waals surface area contributed by atoms with Crippen molar-refractivity contribution in [2.75, 3.05) is 20.0 Å². The Bertz CT molecular complexity index is 1360. The van der Waals surface area contributed by atoms with Gasteiger partial charge in [-0.3, -0.25) is 9.59 Å². The Morgan fingerprint density at radius 2 is 1.87 bits per heavy atom. The Kier molecular flexibility index (Phi) is 7.82. The van der Waals surface area contributed by atoms with Crippen molar-refractivity contribution < 1.29 is 28.5 Å². The summed E-state index contributed by atoms with van der Waals surface area (Å²) in [7, 11) is 0. The number of nitrogens with one attached hydrogen (secondary N) is 1. The van der Waals surface area contributed by atoms with Crippen LogP contribution in [-0.4, -0.2) is 37.9 Å². The lowest BCUT2D eigenvalue weighted by molar-refractivity contribution is -0.143. The predicted octanol–water partition coefficient (Wildman–Crippen LogP) is 5.57. The summed E-state index contributed by atoms with van der Waals surface area (Å²) in [6, 6.07) is 15.9. The maximum Gasteiger partial charge on any atom is 0.306 e. The second-order valence-corrected chi connectivity index (χ2v) is 9.71. The van der Waals surface area contributed by atoms with Crippen molar-refractivity contribution in [3.63, 3.8) is 0 Å². The van der Waals surface area contributed by atoms with Crippen LogP contribution < -0.4 is 19.5 Å². The van der Waals surface area contributed by atoms with Crippen LogP contribution in [0.15, 0.2) is 60.7 Å². The first-order chi connectivity index (χ1) is 18.5. The van der Waals surface area contributed by atoms with E-state index in [4.69, 9.17) is 18.9 Å². The highest BCUT2D eigenvalue weighted by atomic mass is 16.7. The first kappa shape index (κ1) is 25.6. The molecule has 1 N–H and O–H groups in total. The van der Waals surface area contributed by atoms with Gasteiger partial charge >= 0.3 is 5.97 Å².